The van der Waals surface area contributed by atoms with Gasteiger partial charge < -0.3 is 9.52 Å². The average molecular weight is 285 g/mol. The zero-order chi connectivity index (χ0) is 15.1. The normalized spacial score (nSPS) is 13.7. The van der Waals surface area contributed by atoms with Crippen LogP contribution in [0.3, 0.4) is 0 Å². The molecule has 0 spiro atoms. The molecule has 2 heterocycles. The SMILES string of the molecule is Cc1cccc2c1N(Cc1occc1C(=O)O)C(=O)C2=O. The van der Waals surface area contributed by atoms with Crippen molar-refractivity contribution in [3.8, 4) is 0 Å². The van der Waals surface area contributed by atoms with Gasteiger partial charge in [0.05, 0.1) is 24.1 Å². The first-order valence-electron chi connectivity index (χ1n) is 6.26. The van der Waals surface area contributed by atoms with Crippen molar-refractivity contribution in [1.82, 2.24) is 0 Å². The number of hydrogen-bond donors (Lipinski definition) is 1. The predicted molar refractivity (Wildman–Crippen MR) is 72.4 cm³/mol. The van der Waals surface area contributed by atoms with Crippen molar-refractivity contribution in [3.63, 3.8) is 0 Å². The van der Waals surface area contributed by atoms with Gasteiger partial charge in [-0.25, -0.2) is 4.79 Å². The minimum absolute atomic E-state index is 0.0164. The van der Waals surface area contributed by atoms with Crippen LogP contribution in [0.25, 0.3) is 0 Å². The molecule has 6 nitrogen and oxygen atoms in total. The summed E-state index contributed by atoms with van der Waals surface area (Å²) >= 11 is 0. The van der Waals surface area contributed by atoms with E-state index in [9.17, 15) is 14.4 Å². The zero-order valence-electron chi connectivity index (χ0n) is 11.1. The lowest BCUT2D eigenvalue weighted by Gasteiger charge is -2.17. The lowest BCUT2D eigenvalue weighted by Crippen LogP contribution is -2.29. The highest BCUT2D eigenvalue weighted by molar-refractivity contribution is 6.52. The Hall–Kier alpha value is -2.89. The van der Waals surface area contributed by atoms with E-state index >= 15 is 0 Å². The number of amides is 1. The van der Waals surface area contributed by atoms with Gasteiger partial charge in [-0.05, 0) is 24.6 Å². The van der Waals surface area contributed by atoms with Crippen molar-refractivity contribution in [3.05, 3.63) is 53.0 Å². The number of carboxylic acids is 1. The molecule has 1 aromatic heterocycles. The number of carbonyl (C=O) groups excluding carboxylic acids is 2. The third-order valence-corrected chi connectivity index (χ3v) is 3.47. The number of hydrogen-bond acceptors (Lipinski definition) is 4. The zero-order valence-corrected chi connectivity index (χ0v) is 11.1. The van der Waals surface area contributed by atoms with E-state index in [4.69, 9.17) is 9.52 Å². The maximum atomic E-state index is 12.1. The molecule has 0 saturated carbocycles. The number of nitrogens with zero attached hydrogens (tertiary/aromatic N) is 1. The van der Waals surface area contributed by atoms with Gasteiger partial charge in [-0.3, -0.25) is 14.5 Å². The van der Waals surface area contributed by atoms with Crippen molar-refractivity contribution in [1.29, 1.82) is 0 Å². The van der Waals surface area contributed by atoms with Crippen molar-refractivity contribution in [2.75, 3.05) is 4.90 Å². The lowest BCUT2D eigenvalue weighted by atomic mass is 10.1. The minimum Gasteiger partial charge on any atom is -0.478 e. The number of ketones is 1. The van der Waals surface area contributed by atoms with Gasteiger partial charge in [-0.15, -0.1) is 0 Å². The quantitative estimate of drug-likeness (QED) is 0.871. The maximum absolute atomic E-state index is 12.1. The van der Waals surface area contributed by atoms with E-state index in [0.717, 1.165) is 5.56 Å². The second kappa shape index (κ2) is 4.59. The highest BCUT2D eigenvalue weighted by Crippen LogP contribution is 2.33. The van der Waals surface area contributed by atoms with Gasteiger partial charge >= 0.3 is 5.97 Å². The second-order valence-electron chi connectivity index (χ2n) is 4.75. The molecule has 2 aromatic rings. The molecule has 0 bridgehead atoms. The smallest absolute Gasteiger partial charge is 0.339 e. The average Bonchev–Trinajstić information content (AvgIpc) is 2.99. The third-order valence-electron chi connectivity index (χ3n) is 3.47. The number of benzene rings is 1. The molecule has 0 atom stereocenters. The molecule has 0 saturated heterocycles. The van der Waals surface area contributed by atoms with Crippen LogP contribution in [0, 0.1) is 6.92 Å². The summed E-state index contributed by atoms with van der Waals surface area (Å²) in [5, 5.41) is 9.07. The summed E-state index contributed by atoms with van der Waals surface area (Å²) in [6.07, 6.45) is 1.25. The van der Waals surface area contributed by atoms with E-state index in [1.807, 2.05) is 0 Å². The van der Waals surface area contributed by atoms with Gasteiger partial charge in [0.25, 0.3) is 11.7 Å². The third kappa shape index (κ3) is 1.92. The number of rotatable bonds is 3. The maximum Gasteiger partial charge on any atom is 0.339 e. The van der Waals surface area contributed by atoms with Gasteiger partial charge in [0.1, 0.15) is 11.3 Å². The monoisotopic (exact) mass is 285 g/mol. The van der Waals surface area contributed by atoms with E-state index in [2.05, 4.69) is 0 Å². The molecule has 0 radical (unpaired) electrons. The number of Topliss-reactive ketones (excluding diaryl/α,β-unsaturated/α-hetero) is 1. The highest BCUT2D eigenvalue weighted by atomic mass is 16.4. The molecule has 0 aliphatic carbocycles. The largest absolute Gasteiger partial charge is 0.478 e. The molecule has 1 aliphatic heterocycles. The van der Waals surface area contributed by atoms with Crippen LogP contribution in [-0.4, -0.2) is 22.8 Å². The van der Waals surface area contributed by atoms with Crippen molar-refractivity contribution in [2.24, 2.45) is 0 Å². The van der Waals surface area contributed by atoms with Gasteiger partial charge in [0.2, 0.25) is 0 Å². The molecule has 3 rings (SSSR count). The van der Waals surface area contributed by atoms with Crippen LogP contribution >= 0.6 is 0 Å². The van der Waals surface area contributed by atoms with Crippen molar-refractivity contribution < 1.29 is 23.9 Å². The Labute approximate surface area is 119 Å². The predicted octanol–water partition coefficient (Wildman–Crippen LogP) is 2.02. The van der Waals surface area contributed by atoms with Crippen molar-refractivity contribution >= 4 is 23.3 Å². The topological polar surface area (TPSA) is 87.8 Å². The van der Waals surface area contributed by atoms with Crippen molar-refractivity contribution in [2.45, 2.75) is 13.5 Å². The Balaban J connectivity index is 2.05. The van der Waals surface area contributed by atoms with Crippen LogP contribution in [0.2, 0.25) is 0 Å². The summed E-state index contributed by atoms with van der Waals surface area (Å²) in [6.45, 7) is 1.70. The van der Waals surface area contributed by atoms with Crippen LogP contribution in [0.15, 0.2) is 34.9 Å². The molecule has 0 fully saturated rings. The fraction of sp³-hybridized carbons (Fsp3) is 0.133. The molecular formula is C15H11NO5. The molecule has 0 unspecified atom stereocenters. The highest BCUT2D eigenvalue weighted by Gasteiger charge is 2.37. The summed E-state index contributed by atoms with van der Waals surface area (Å²) in [7, 11) is 0. The molecule has 21 heavy (non-hydrogen) atoms. The van der Waals surface area contributed by atoms with Crippen LogP contribution in [-0.2, 0) is 11.3 Å². The Morgan fingerprint density at radius 2 is 2.05 bits per heavy atom. The number of furan rings is 1. The van der Waals surface area contributed by atoms with E-state index in [0.29, 0.717) is 11.3 Å². The van der Waals surface area contributed by atoms with E-state index < -0.39 is 17.7 Å². The molecular weight excluding hydrogens is 274 g/mol. The number of aromatic carboxylic acids is 1. The van der Waals surface area contributed by atoms with Crippen LogP contribution < -0.4 is 4.90 Å². The molecule has 1 amide bonds. The van der Waals surface area contributed by atoms with Gasteiger partial charge in [-0.1, -0.05) is 12.1 Å². The first-order valence-corrected chi connectivity index (χ1v) is 6.26. The number of carboxylic acid groups (broad SMARTS) is 1. The summed E-state index contributed by atoms with van der Waals surface area (Å²) in [6, 6.07) is 6.40. The first kappa shape index (κ1) is 13.1. The summed E-state index contributed by atoms with van der Waals surface area (Å²) in [5.41, 5.74) is 1.61. The second-order valence-corrected chi connectivity index (χ2v) is 4.75. The molecule has 1 N–H and O–H groups in total. The number of anilines is 1. The molecule has 1 aliphatic rings. The molecule has 1 aromatic carbocycles. The first-order chi connectivity index (χ1) is 10.0. The van der Waals surface area contributed by atoms with E-state index in [-0.39, 0.29) is 17.9 Å². The lowest BCUT2D eigenvalue weighted by molar-refractivity contribution is -0.114. The Morgan fingerprint density at radius 1 is 1.29 bits per heavy atom. The van der Waals surface area contributed by atoms with E-state index in [1.165, 1.54) is 17.2 Å². The molecule has 106 valence electrons. The van der Waals surface area contributed by atoms with Gasteiger partial charge in [0, 0.05) is 0 Å². The minimum atomic E-state index is -1.14. The Bertz CT molecular complexity index is 774. The van der Waals surface area contributed by atoms with Gasteiger partial charge in [0.15, 0.2) is 0 Å². The fourth-order valence-corrected chi connectivity index (χ4v) is 2.49. The fourth-order valence-electron chi connectivity index (χ4n) is 2.49. The molecule has 6 heteroatoms. The van der Waals surface area contributed by atoms with E-state index in [1.54, 1.807) is 25.1 Å². The number of aryl methyl sites for hydroxylation is 1. The summed E-state index contributed by atoms with van der Waals surface area (Å²) < 4.78 is 5.14. The Morgan fingerprint density at radius 3 is 2.76 bits per heavy atom. The standard InChI is InChI=1S/C15H11NO5/c1-8-3-2-4-10-12(8)16(14(18)13(10)17)7-11-9(15(19)20)5-6-21-11/h2-6H,7H2,1H3,(H,19,20). The summed E-state index contributed by atoms with van der Waals surface area (Å²) in [5.74, 6) is -2.26. The summed E-state index contributed by atoms with van der Waals surface area (Å²) in [4.78, 5) is 36.4. The van der Waals surface area contributed by atoms with Gasteiger partial charge in [-0.2, -0.15) is 0 Å². The van der Waals surface area contributed by atoms with Crippen LogP contribution in [0.1, 0.15) is 32.0 Å². The van der Waals surface area contributed by atoms with Crippen LogP contribution in [0.5, 0.6) is 0 Å². The van der Waals surface area contributed by atoms with Crippen LogP contribution in [0.4, 0.5) is 5.69 Å². The number of para-hydroxylation sites is 1. The number of carbonyl (C=O) groups is 3. The Kier molecular flexibility index (Phi) is 2.86. The number of fused-ring (bicyclic) bond motifs is 1.